The Kier molecular flexibility index (Phi) is 4.65. The van der Waals surface area contributed by atoms with Gasteiger partial charge in [-0.05, 0) is 13.3 Å². The molecule has 2 aromatic rings. The van der Waals surface area contributed by atoms with Crippen molar-refractivity contribution in [3.63, 3.8) is 0 Å². The summed E-state index contributed by atoms with van der Waals surface area (Å²) in [5.74, 6) is 1.13. The highest BCUT2D eigenvalue weighted by Crippen LogP contribution is 2.12. The van der Waals surface area contributed by atoms with Crippen LogP contribution in [-0.2, 0) is 0 Å². The Balaban J connectivity index is 2.03. The first-order valence-electron chi connectivity index (χ1n) is 6.60. The highest BCUT2D eigenvalue weighted by atomic mass is 16.1. The lowest BCUT2D eigenvalue weighted by atomic mass is 10.2. The highest BCUT2D eigenvalue weighted by Gasteiger charge is 2.16. The van der Waals surface area contributed by atoms with Crippen LogP contribution < -0.4 is 10.6 Å². The summed E-state index contributed by atoms with van der Waals surface area (Å²) in [6.45, 7) is 4.71. The van der Waals surface area contributed by atoms with Crippen LogP contribution in [0.5, 0.6) is 0 Å². The van der Waals surface area contributed by atoms with Gasteiger partial charge in [0.05, 0.1) is 18.4 Å². The van der Waals surface area contributed by atoms with Crippen molar-refractivity contribution in [3.8, 4) is 0 Å². The first kappa shape index (κ1) is 14.0. The summed E-state index contributed by atoms with van der Waals surface area (Å²) in [7, 11) is 0. The third-order valence-electron chi connectivity index (χ3n) is 2.81. The van der Waals surface area contributed by atoms with Gasteiger partial charge < -0.3 is 15.6 Å². The number of carbonyl (C=O) groups excluding carboxylic acids is 1. The monoisotopic (exact) mass is 274 g/mol. The minimum Gasteiger partial charge on any atom is -0.369 e. The molecule has 1 unspecified atom stereocenters. The average molecular weight is 274 g/mol. The van der Waals surface area contributed by atoms with Crippen LogP contribution in [0.4, 0.5) is 5.82 Å². The lowest BCUT2D eigenvalue weighted by Crippen LogP contribution is -2.29. The van der Waals surface area contributed by atoms with Gasteiger partial charge in [0.1, 0.15) is 17.3 Å². The molecule has 1 atom stereocenters. The van der Waals surface area contributed by atoms with Gasteiger partial charge in [-0.15, -0.1) is 0 Å². The van der Waals surface area contributed by atoms with Crippen molar-refractivity contribution < 1.29 is 4.79 Å². The van der Waals surface area contributed by atoms with E-state index in [0.29, 0.717) is 5.82 Å². The van der Waals surface area contributed by atoms with Crippen LogP contribution in [-0.4, -0.2) is 32.4 Å². The maximum Gasteiger partial charge on any atom is 0.272 e. The Morgan fingerprint density at radius 3 is 2.70 bits per heavy atom. The van der Waals surface area contributed by atoms with Crippen LogP contribution in [0.2, 0.25) is 0 Å². The quantitative estimate of drug-likeness (QED) is 0.742. The third-order valence-corrected chi connectivity index (χ3v) is 2.81. The molecule has 1 amide bonds. The van der Waals surface area contributed by atoms with Crippen molar-refractivity contribution in [1.29, 1.82) is 0 Å². The van der Waals surface area contributed by atoms with Gasteiger partial charge >= 0.3 is 0 Å². The molecule has 7 nitrogen and oxygen atoms in total. The molecule has 106 valence electrons. The Bertz CT molecular complexity index is 536. The van der Waals surface area contributed by atoms with Crippen molar-refractivity contribution >= 4 is 11.7 Å². The summed E-state index contributed by atoms with van der Waals surface area (Å²) in [5.41, 5.74) is 0.289. The summed E-state index contributed by atoms with van der Waals surface area (Å²) >= 11 is 0. The minimum atomic E-state index is -0.260. The molecule has 0 radical (unpaired) electrons. The first-order chi connectivity index (χ1) is 9.74. The van der Waals surface area contributed by atoms with Gasteiger partial charge in [0.15, 0.2) is 0 Å². The van der Waals surface area contributed by atoms with E-state index in [-0.39, 0.29) is 17.6 Å². The molecule has 2 rings (SSSR count). The maximum atomic E-state index is 12.1. The van der Waals surface area contributed by atoms with Gasteiger partial charge in [0, 0.05) is 18.9 Å². The molecular formula is C13H18N6O. The molecule has 2 heterocycles. The van der Waals surface area contributed by atoms with E-state index >= 15 is 0 Å². The molecule has 20 heavy (non-hydrogen) atoms. The van der Waals surface area contributed by atoms with Crippen LogP contribution in [0.1, 0.15) is 42.6 Å². The number of anilines is 1. The van der Waals surface area contributed by atoms with Crippen LogP contribution in [0.3, 0.4) is 0 Å². The second-order valence-corrected chi connectivity index (χ2v) is 4.23. The fraction of sp³-hybridized carbons (Fsp3) is 0.385. The molecule has 0 aliphatic rings. The van der Waals surface area contributed by atoms with Crippen molar-refractivity contribution in [2.75, 3.05) is 11.9 Å². The zero-order valence-corrected chi connectivity index (χ0v) is 11.6. The Hall–Kier alpha value is -2.44. The predicted octanol–water partition coefficient (Wildman–Crippen LogP) is 1.51. The van der Waals surface area contributed by atoms with Crippen molar-refractivity contribution in [2.24, 2.45) is 0 Å². The van der Waals surface area contributed by atoms with Crippen LogP contribution in [0.15, 0.2) is 24.8 Å². The molecule has 0 bridgehead atoms. The predicted molar refractivity (Wildman–Crippen MR) is 75.3 cm³/mol. The van der Waals surface area contributed by atoms with E-state index in [1.54, 1.807) is 18.6 Å². The number of nitrogens with zero attached hydrogens (tertiary/aromatic N) is 3. The van der Waals surface area contributed by atoms with E-state index < -0.39 is 0 Å². The molecule has 2 aromatic heterocycles. The number of rotatable bonds is 6. The number of imidazole rings is 1. The normalized spacial score (nSPS) is 11.9. The fourth-order valence-electron chi connectivity index (χ4n) is 1.78. The van der Waals surface area contributed by atoms with Gasteiger partial charge in [0.25, 0.3) is 5.91 Å². The van der Waals surface area contributed by atoms with Crippen LogP contribution in [0.25, 0.3) is 0 Å². The molecule has 0 aliphatic heterocycles. The van der Waals surface area contributed by atoms with Crippen molar-refractivity contribution in [3.05, 3.63) is 36.3 Å². The molecule has 7 heteroatoms. The zero-order chi connectivity index (χ0) is 14.4. The van der Waals surface area contributed by atoms with E-state index in [9.17, 15) is 4.79 Å². The molecule has 0 spiro atoms. The molecule has 0 saturated heterocycles. The number of nitrogens with one attached hydrogen (secondary N) is 3. The topological polar surface area (TPSA) is 95.6 Å². The Labute approximate surface area is 117 Å². The van der Waals surface area contributed by atoms with Crippen LogP contribution >= 0.6 is 0 Å². The lowest BCUT2D eigenvalue weighted by molar-refractivity contribution is 0.0928. The van der Waals surface area contributed by atoms with E-state index in [1.807, 2.05) is 13.8 Å². The van der Waals surface area contributed by atoms with Crippen molar-refractivity contribution in [1.82, 2.24) is 25.3 Å². The zero-order valence-electron chi connectivity index (χ0n) is 11.6. The van der Waals surface area contributed by atoms with Crippen molar-refractivity contribution in [2.45, 2.75) is 26.3 Å². The number of aromatic amines is 1. The number of carbonyl (C=O) groups is 1. The molecule has 3 N–H and O–H groups in total. The van der Waals surface area contributed by atoms with Gasteiger partial charge in [-0.2, -0.15) is 0 Å². The third kappa shape index (κ3) is 3.31. The van der Waals surface area contributed by atoms with E-state index in [1.165, 1.54) is 6.20 Å². The van der Waals surface area contributed by atoms with Gasteiger partial charge in [-0.1, -0.05) is 6.92 Å². The Morgan fingerprint density at radius 2 is 2.15 bits per heavy atom. The largest absolute Gasteiger partial charge is 0.369 e. The lowest BCUT2D eigenvalue weighted by Gasteiger charge is -2.14. The number of H-pyrrole nitrogens is 1. The summed E-state index contributed by atoms with van der Waals surface area (Å²) in [5, 5.41) is 5.91. The molecule has 0 fully saturated rings. The summed E-state index contributed by atoms with van der Waals surface area (Å²) in [6, 6.07) is -0.159. The summed E-state index contributed by atoms with van der Waals surface area (Å²) in [6.07, 6.45) is 7.14. The van der Waals surface area contributed by atoms with E-state index in [4.69, 9.17) is 0 Å². The summed E-state index contributed by atoms with van der Waals surface area (Å²) in [4.78, 5) is 27.5. The smallest absolute Gasteiger partial charge is 0.272 e. The second kappa shape index (κ2) is 6.65. The van der Waals surface area contributed by atoms with Crippen LogP contribution in [0, 0.1) is 0 Å². The first-order valence-corrected chi connectivity index (χ1v) is 6.60. The standard InChI is InChI=1S/C13H18N6O/c1-3-9(12-15-5-6-16-12)19-13(20)10-7-18-11(8-17-10)14-4-2/h5-9H,3-4H2,1-2H3,(H,14,18)(H,15,16)(H,19,20). The highest BCUT2D eigenvalue weighted by molar-refractivity contribution is 5.92. The molecule has 0 aromatic carbocycles. The number of amides is 1. The molecular weight excluding hydrogens is 256 g/mol. The molecule has 0 aliphatic carbocycles. The van der Waals surface area contributed by atoms with E-state index in [0.717, 1.165) is 18.8 Å². The van der Waals surface area contributed by atoms with Gasteiger partial charge in [-0.3, -0.25) is 4.79 Å². The average Bonchev–Trinajstić information content (AvgIpc) is 2.99. The number of aromatic nitrogens is 4. The summed E-state index contributed by atoms with van der Waals surface area (Å²) < 4.78 is 0. The number of hydrogen-bond acceptors (Lipinski definition) is 5. The second-order valence-electron chi connectivity index (χ2n) is 4.23. The minimum absolute atomic E-state index is 0.159. The molecule has 0 saturated carbocycles. The van der Waals surface area contributed by atoms with E-state index in [2.05, 4.69) is 30.6 Å². The number of hydrogen-bond donors (Lipinski definition) is 3. The maximum absolute atomic E-state index is 12.1. The van der Waals surface area contributed by atoms with Gasteiger partial charge in [-0.25, -0.2) is 15.0 Å². The fourth-order valence-corrected chi connectivity index (χ4v) is 1.78. The Morgan fingerprint density at radius 1 is 1.30 bits per heavy atom. The SMILES string of the molecule is CCNc1cnc(C(=O)NC(CC)c2ncc[nH]2)cn1. The van der Waals surface area contributed by atoms with Gasteiger partial charge in [0.2, 0.25) is 0 Å².